The maximum Gasteiger partial charge on any atom is 0.248 e. The molecule has 0 aromatic carbocycles. The van der Waals surface area contributed by atoms with Gasteiger partial charge in [-0.15, -0.1) is 5.10 Å². The van der Waals surface area contributed by atoms with Gasteiger partial charge in [-0.3, -0.25) is 9.59 Å². The molecule has 0 bridgehead atoms. The van der Waals surface area contributed by atoms with E-state index in [0.29, 0.717) is 12.1 Å². The minimum absolute atomic E-state index is 0.105. The molecule has 9 heteroatoms. The molecule has 2 rings (SSSR count). The Balaban J connectivity index is 2.31. The molecule has 4 unspecified atom stereocenters. The van der Waals surface area contributed by atoms with Crippen LogP contribution >= 0.6 is 0 Å². The van der Waals surface area contributed by atoms with Crippen molar-refractivity contribution < 1.29 is 19.8 Å². The standard InChI is InChI=1S/C20H35N5O4/c1-19(2,3)15(27)8-12-10-25(23-22-12)16(20(4,5)6)18(29)24-11-13(26)9-14(24)17(28)21-7/h10,13-16,26-27H,8-9,11H2,1-7H3,(H,21,28). The van der Waals surface area contributed by atoms with Gasteiger partial charge in [-0.1, -0.05) is 46.8 Å². The molecular formula is C20H35N5O4. The summed E-state index contributed by atoms with van der Waals surface area (Å²) in [6.07, 6.45) is 0.892. The number of nitrogens with zero attached hydrogens (tertiary/aromatic N) is 4. The zero-order valence-electron chi connectivity index (χ0n) is 18.5. The second-order valence-electron chi connectivity index (χ2n) is 10.1. The summed E-state index contributed by atoms with van der Waals surface area (Å²) >= 11 is 0. The molecule has 4 atom stereocenters. The molecule has 0 spiro atoms. The lowest BCUT2D eigenvalue weighted by molar-refractivity contribution is -0.144. The number of hydrogen-bond donors (Lipinski definition) is 3. The highest BCUT2D eigenvalue weighted by molar-refractivity contribution is 5.90. The lowest BCUT2D eigenvalue weighted by Crippen LogP contribution is -2.49. The van der Waals surface area contributed by atoms with Gasteiger partial charge in [-0.25, -0.2) is 4.68 Å². The third-order valence-electron chi connectivity index (χ3n) is 5.39. The molecule has 0 aliphatic carbocycles. The molecule has 0 radical (unpaired) electrons. The molecule has 29 heavy (non-hydrogen) atoms. The number of aliphatic hydroxyl groups excluding tert-OH is 2. The van der Waals surface area contributed by atoms with Gasteiger partial charge in [0.05, 0.1) is 17.9 Å². The fourth-order valence-electron chi connectivity index (χ4n) is 3.55. The van der Waals surface area contributed by atoms with Crippen LogP contribution in [0, 0.1) is 10.8 Å². The first-order valence-electron chi connectivity index (χ1n) is 10.0. The van der Waals surface area contributed by atoms with Gasteiger partial charge in [0.1, 0.15) is 12.1 Å². The predicted octanol–water partition coefficient (Wildman–Crippen LogP) is 0.523. The molecule has 0 saturated carbocycles. The summed E-state index contributed by atoms with van der Waals surface area (Å²) in [5.74, 6) is -0.578. The van der Waals surface area contributed by atoms with Gasteiger partial charge in [0.2, 0.25) is 11.8 Å². The van der Waals surface area contributed by atoms with E-state index in [0.717, 1.165) is 0 Å². The molecule has 1 saturated heterocycles. The third kappa shape index (κ3) is 5.33. The number of carbonyl (C=O) groups is 2. The zero-order chi connectivity index (χ0) is 22.1. The van der Waals surface area contributed by atoms with E-state index in [1.807, 2.05) is 41.5 Å². The Kier molecular flexibility index (Phi) is 6.74. The zero-order valence-corrected chi connectivity index (χ0v) is 18.5. The van der Waals surface area contributed by atoms with E-state index in [1.165, 1.54) is 16.6 Å². The van der Waals surface area contributed by atoms with Crippen LogP contribution in [0.25, 0.3) is 0 Å². The van der Waals surface area contributed by atoms with Crippen LogP contribution in [0.4, 0.5) is 0 Å². The van der Waals surface area contributed by atoms with E-state index in [-0.39, 0.29) is 30.2 Å². The van der Waals surface area contributed by atoms with E-state index >= 15 is 0 Å². The molecule has 3 N–H and O–H groups in total. The van der Waals surface area contributed by atoms with E-state index < -0.39 is 29.7 Å². The van der Waals surface area contributed by atoms with Gasteiger partial charge in [0, 0.05) is 32.6 Å². The highest BCUT2D eigenvalue weighted by Gasteiger charge is 2.45. The van der Waals surface area contributed by atoms with Crippen LogP contribution in [0.5, 0.6) is 0 Å². The van der Waals surface area contributed by atoms with Gasteiger partial charge in [-0.2, -0.15) is 0 Å². The first-order valence-corrected chi connectivity index (χ1v) is 10.0. The number of aliphatic hydroxyl groups is 2. The Morgan fingerprint density at radius 1 is 1.24 bits per heavy atom. The predicted molar refractivity (Wildman–Crippen MR) is 108 cm³/mol. The molecule has 9 nitrogen and oxygen atoms in total. The third-order valence-corrected chi connectivity index (χ3v) is 5.39. The van der Waals surface area contributed by atoms with Gasteiger partial charge >= 0.3 is 0 Å². The SMILES string of the molecule is CNC(=O)C1CC(O)CN1C(=O)C(n1cc(CC(O)C(C)(C)C)nn1)C(C)(C)C. The van der Waals surface area contributed by atoms with Crippen LogP contribution in [0.15, 0.2) is 6.20 Å². The van der Waals surface area contributed by atoms with Crippen molar-refractivity contribution in [2.75, 3.05) is 13.6 Å². The summed E-state index contributed by atoms with van der Waals surface area (Å²) < 4.78 is 1.51. The van der Waals surface area contributed by atoms with Gasteiger partial charge in [0.25, 0.3) is 0 Å². The Morgan fingerprint density at radius 2 is 1.86 bits per heavy atom. The number of β-amino-alcohol motifs (C(OH)–C–C–N with tert-alkyl or cyclic N) is 1. The maximum atomic E-state index is 13.5. The van der Waals surface area contributed by atoms with Crippen LogP contribution in [-0.2, 0) is 16.0 Å². The molecule has 1 aromatic heterocycles. The van der Waals surface area contributed by atoms with Crippen molar-refractivity contribution in [2.24, 2.45) is 10.8 Å². The molecule has 1 aliphatic rings. The Hall–Kier alpha value is -2.00. The smallest absolute Gasteiger partial charge is 0.248 e. The monoisotopic (exact) mass is 409 g/mol. The Morgan fingerprint density at radius 3 is 2.38 bits per heavy atom. The van der Waals surface area contributed by atoms with Gasteiger partial charge < -0.3 is 20.4 Å². The first-order chi connectivity index (χ1) is 13.3. The lowest BCUT2D eigenvalue weighted by Gasteiger charge is -2.34. The molecule has 1 aromatic rings. The van der Waals surface area contributed by atoms with Crippen molar-refractivity contribution in [1.29, 1.82) is 0 Å². The Labute approximate surface area is 172 Å². The highest BCUT2D eigenvalue weighted by Crippen LogP contribution is 2.34. The lowest BCUT2D eigenvalue weighted by atomic mass is 9.85. The van der Waals surface area contributed by atoms with Crippen LogP contribution in [-0.4, -0.2) is 73.8 Å². The minimum atomic E-state index is -0.741. The number of likely N-dealkylation sites (N-methyl/N-ethyl adjacent to an activating group) is 1. The number of hydrogen-bond acceptors (Lipinski definition) is 6. The van der Waals surface area contributed by atoms with E-state index in [4.69, 9.17) is 0 Å². The van der Waals surface area contributed by atoms with Crippen LogP contribution < -0.4 is 5.32 Å². The summed E-state index contributed by atoms with van der Waals surface area (Å²) in [7, 11) is 1.52. The van der Waals surface area contributed by atoms with E-state index in [1.54, 1.807) is 6.20 Å². The summed E-state index contributed by atoms with van der Waals surface area (Å²) in [6.45, 7) is 11.7. The number of carbonyl (C=O) groups excluding carboxylic acids is 2. The first kappa shape index (κ1) is 23.3. The number of nitrogens with one attached hydrogen (secondary N) is 1. The molecule has 2 heterocycles. The topological polar surface area (TPSA) is 121 Å². The maximum absolute atomic E-state index is 13.5. The average Bonchev–Trinajstić information content (AvgIpc) is 3.18. The molecule has 164 valence electrons. The van der Waals surface area contributed by atoms with Crippen molar-refractivity contribution in [2.45, 2.75) is 78.7 Å². The molecule has 1 fully saturated rings. The molecule has 1 aliphatic heterocycles. The Bertz CT molecular complexity index is 734. The number of amides is 2. The second-order valence-corrected chi connectivity index (χ2v) is 10.1. The van der Waals surface area contributed by atoms with E-state index in [9.17, 15) is 19.8 Å². The summed E-state index contributed by atoms with van der Waals surface area (Å²) in [4.78, 5) is 27.1. The normalized spacial score (nSPS) is 22.4. The molecule has 2 amide bonds. The second kappa shape index (κ2) is 8.39. The van der Waals surface area contributed by atoms with Crippen LogP contribution in [0.2, 0.25) is 0 Å². The van der Waals surface area contributed by atoms with Crippen LogP contribution in [0.3, 0.4) is 0 Å². The van der Waals surface area contributed by atoms with Crippen molar-refractivity contribution in [3.63, 3.8) is 0 Å². The van der Waals surface area contributed by atoms with Crippen LogP contribution in [0.1, 0.15) is 59.7 Å². The number of rotatable bonds is 5. The molecular weight excluding hydrogens is 374 g/mol. The number of likely N-dealkylation sites (tertiary alicyclic amines) is 1. The van der Waals surface area contributed by atoms with Crippen molar-refractivity contribution in [3.05, 3.63) is 11.9 Å². The minimum Gasteiger partial charge on any atom is -0.392 e. The van der Waals surface area contributed by atoms with Gasteiger partial charge in [0.15, 0.2) is 0 Å². The van der Waals surface area contributed by atoms with Crippen molar-refractivity contribution in [3.8, 4) is 0 Å². The summed E-state index contributed by atoms with van der Waals surface area (Å²) in [5, 5.41) is 31.3. The van der Waals surface area contributed by atoms with E-state index in [2.05, 4.69) is 15.6 Å². The van der Waals surface area contributed by atoms with Crippen molar-refractivity contribution in [1.82, 2.24) is 25.2 Å². The number of aromatic nitrogens is 3. The summed E-state index contributed by atoms with van der Waals surface area (Å²) in [5.41, 5.74) is -0.209. The average molecular weight is 410 g/mol. The highest BCUT2D eigenvalue weighted by atomic mass is 16.3. The van der Waals surface area contributed by atoms with Gasteiger partial charge in [-0.05, 0) is 10.8 Å². The summed E-state index contributed by atoms with van der Waals surface area (Å²) in [6, 6.07) is -1.41. The quantitative estimate of drug-likeness (QED) is 0.652. The van der Waals surface area contributed by atoms with Crippen molar-refractivity contribution >= 4 is 11.8 Å². The fourth-order valence-corrected chi connectivity index (χ4v) is 3.55. The fraction of sp³-hybridized carbons (Fsp3) is 0.800. The largest absolute Gasteiger partial charge is 0.392 e.